The summed E-state index contributed by atoms with van der Waals surface area (Å²) >= 11 is 0. The van der Waals surface area contributed by atoms with Crippen LogP contribution >= 0.6 is 0 Å². The first-order chi connectivity index (χ1) is 12.7. The fraction of sp³-hybridized carbons (Fsp3) is 0.600. The lowest BCUT2D eigenvalue weighted by atomic mass is 10.0. The van der Waals surface area contributed by atoms with E-state index in [2.05, 4.69) is 39.0 Å². The molecule has 3 rings (SSSR count). The average Bonchev–Trinajstić information content (AvgIpc) is 2.65. The lowest BCUT2D eigenvalue weighted by Gasteiger charge is -2.35. The number of rotatable bonds is 7. The molecule has 140 valence electrons. The zero-order valence-corrected chi connectivity index (χ0v) is 16.1. The lowest BCUT2D eigenvalue weighted by molar-refractivity contribution is 0.372. The van der Waals surface area contributed by atoms with Crippen LogP contribution in [-0.4, -0.2) is 45.1 Å². The summed E-state index contributed by atoms with van der Waals surface area (Å²) in [4.78, 5) is 20.1. The minimum absolute atomic E-state index is 0.403. The fourth-order valence-electron chi connectivity index (χ4n) is 3.67. The molecular formula is C20H30N6. The Morgan fingerprint density at radius 3 is 2.69 bits per heavy atom. The summed E-state index contributed by atoms with van der Waals surface area (Å²) < 4.78 is 0. The second-order valence-corrected chi connectivity index (χ2v) is 7.25. The maximum absolute atomic E-state index is 4.74. The van der Waals surface area contributed by atoms with Gasteiger partial charge in [-0.25, -0.2) is 9.97 Å². The molecule has 3 heterocycles. The Hall–Kier alpha value is -2.08. The monoisotopic (exact) mass is 354 g/mol. The number of hydrogen-bond donors (Lipinski definition) is 1. The van der Waals surface area contributed by atoms with Crippen LogP contribution in [0, 0.1) is 6.92 Å². The number of piperidine rings is 1. The third-order valence-electron chi connectivity index (χ3n) is 4.93. The van der Waals surface area contributed by atoms with Gasteiger partial charge in [-0.05, 0) is 33.1 Å². The molecule has 1 N–H and O–H groups in total. The summed E-state index contributed by atoms with van der Waals surface area (Å²) in [5, 5.41) is 3.76. The van der Waals surface area contributed by atoms with E-state index in [0.717, 1.165) is 62.5 Å². The van der Waals surface area contributed by atoms with E-state index in [1.165, 1.54) is 5.56 Å². The molecule has 0 amide bonds. The molecule has 1 atom stereocenters. The number of nitrogens with one attached hydrogen (secondary N) is 1. The molecular weight excluding hydrogens is 324 g/mol. The highest BCUT2D eigenvalue weighted by Gasteiger charge is 2.23. The Morgan fingerprint density at radius 2 is 2.00 bits per heavy atom. The second kappa shape index (κ2) is 9.03. The van der Waals surface area contributed by atoms with Crippen molar-refractivity contribution in [3.8, 4) is 0 Å². The van der Waals surface area contributed by atoms with Gasteiger partial charge in [-0.1, -0.05) is 13.3 Å². The topological polar surface area (TPSA) is 66.8 Å². The van der Waals surface area contributed by atoms with Gasteiger partial charge in [0.05, 0.1) is 5.69 Å². The number of anilines is 1. The molecule has 0 bridgehead atoms. The molecule has 1 aliphatic rings. The van der Waals surface area contributed by atoms with Gasteiger partial charge in [-0.2, -0.15) is 0 Å². The van der Waals surface area contributed by atoms with Crippen LogP contribution < -0.4 is 10.2 Å². The van der Waals surface area contributed by atoms with E-state index in [4.69, 9.17) is 4.98 Å². The van der Waals surface area contributed by atoms with Crippen LogP contribution in [0.15, 0.2) is 24.8 Å². The maximum Gasteiger partial charge on any atom is 0.135 e. The van der Waals surface area contributed by atoms with Crippen molar-refractivity contribution in [2.45, 2.75) is 65.0 Å². The van der Waals surface area contributed by atoms with Crippen LogP contribution in [0.25, 0.3) is 0 Å². The van der Waals surface area contributed by atoms with Crippen molar-refractivity contribution >= 4 is 5.82 Å². The minimum Gasteiger partial charge on any atom is -0.356 e. The molecule has 0 spiro atoms. The number of aromatic nitrogens is 4. The van der Waals surface area contributed by atoms with Crippen LogP contribution in [0.5, 0.6) is 0 Å². The summed E-state index contributed by atoms with van der Waals surface area (Å²) in [5.74, 6) is 2.00. The lowest BCUT2D eigenvalue weighted by Crippen LogP contribution is -2.46. The van der Waals surface area contributed by atoms with E-state index in [0.29, 0.717) is 12.1 Å². The molecule has 1 aliphatic heterocycles. The molecule has 2 aromatic heterocycles. The van der Waals surface area contributed by atoms with E-state index in [9.17, 15) is 0 Å². The largest absolute Gasteiger partial charge is 0.356 e. The first-order valence-corrected chi connectivity index (χ1v) is 9.74. The molecule has 1 saturated heterocycles. The molecule has 0 aromatic carbocycles. The van der Waals surface area contributed by atoms with Crippen molar-refractivity contribution in [2.24, 2.45) is 0 Å². The molecule has 2 aromatic rings. The molecule has 1 fully saturated rings. The zero-order valence-electron chi connectivity index (χ0n) is 16.1. The standard InChI is InChI=1S/C20H30N6/c1-4-5-17-13-23-16(3)25-20(17)26-10-6-18(7-11-26)24-15(2)12-19-14-21-8-9-22-19/h8-9,13-15,18,24H,4-7,10-12H2,1-3H3/t15-/m1/s1. The normalized spacial score (nSPS) is 16.7. The Balaban J connectivity index is 1.53. The third kappa shape index (κ3) is 4.97. The second-order valence-electron chi connectivity index (χ2n) is 7.25. The fourth-order valence-corrected chi connectivity index (χ4v) is 3.67. The Morgan fingerprint density at radius 1 is 1.19 bits per heavy atom. The van der Waals surface area contributed by atoms with Crippen molar-refractivity contribution in [1.82, 2.24) is 25.3 Å². The quantitative estimate of drug-likeness (QED) is 0.825. The van der Waals surface area contributed by atoms with Gasteiger partial charge in [-0.15, -0.1) is 0 Å². The minimum atomic E-state index is 0.403. The van der Waals surface area contributed by atoms with Crippen molar-refractivity contribution in [1.29, 1.82) is 0 Å². The number of hydrogen-bond acceptors (Lipinski definition) is 6. The van der Waals surface area contributed by atoms with Gasteiger partial charge < -0.3 is 10.2 Å². The molecule has 0 unspecified atom stereocenters. The van der Waals surface area contributed by atoms with Gasteiger partial charge in [0.2, 0.25) is 0 Å². The summed E-state index contributed by atoms with van der Waals surface area (Å²) in [6.45, 7) is 8.50. The van der Waals surface area contributed by atoms with Gasteiger partial charge in [-0.3, -0.25) is 9.97 Å². The summed E-state index contributed by atoms with van der Waals surface area (Å²) in [6, 6.07) is 0.954. The van der Waals surface area contributed by atoms with E-state index < -0.39 is 0 Å². The summed E-state index contributed by atoms with van der Waals surface area (Å²) in [7, 11) is 0. The SMILES string of the molecule is CCCc1cnc(C)nc1N1CCC(N[C@H](C)Cc2cnccn2)CC1. The van der Waals surface area contributed by atoms with Crippen LogP contribution in [0.3, 0.4) is 0 Å². The van der Waals surface area contributed by atoms with Gasteiger partial charge >= 0.3 is 0 Å². The molecule has 0 saturated carbocycles. The van der Waals surface area contributed by atoms with Crippen LogP contribution in [-0.2, 0) is 12.8 Å². The Bertz CT molecular complexity index is 682. The molecule has 26 heavy (non-hydrogen) atoms. The third-order valence-corrected chi connectivity index (χ3v) is 4.93. The van der Waals surface area contributed by atoms with Gasteiger partial charge in [0.15, 0.2) is 0 Å². The van der Waals surface area contributed by atoms with Crippen LogP contribution in [0.1, 0.15) is 50.2 Å². The Labute approximate surface area is 156 Å². The summed E-state index contributed by atoms with van der Waals surface area (Å²) in [6.07, 6.45) is 12.7. The van der Waals surface area contributed by atoms with Crippen molar-refractivity contribution in [3.05, 3.63) is 41.9 Å². The van der Waals surface area contributed by atoms with Crippen molar-refractivity contribution in [3.63, 3.8) is 0 Å². The predicted molar refractivity (Wildman–Crippen MR) is 104 cm³/mol. The van der Waals surface area contributed by atoms with Crippen molar-refractivity contribution in [2.75, 3.05) is 18.0 Å². The summed E-state index contributed by atoms with van der Waals surface area (Å²) in [5.41, 5.74) is 2.33. The number of aryl methyl sites for hydroxylation is 2. The van der Waals surface area contributed by atoms with E-state index in [1.807, 2.05) is 19.3 Å². The number of nitrogens with zero attached hydrogens (tertiary/aromatic N) is 5. The molecule has 6 heteroatoms. The van der Waals surface area contributed by atoms with Crippen LogP contribution in [0.2, 0.25) is 0 Å². The smallest absolute Gasteiger partial charge is 0.135 e. The van der Waals surface area contributed by atoms with Gasteiger partial charge in [0.1, 0.15) is 11.6 Å². The molecule has 6 nitrogen and oxygen atoms in total. The van der Waals surface area contributed by atoms with Gasteiger partial charge in [0.25, 0.3) is 0 Å². The van der Waals surface area contributed by atoms with E-state index in [-0.39, 0.29) is 0 Å². The highest BCUT2D eigenvalue weighted by Crippen LogP contribution is 2.23. The highest BCUT2D eigenvalue weighted by atomic mass is 15.2. The predicted octanol–water partition coefficient (Wildman–Crippen LogP) is 2.72. The average molecular weight is 355 g/mol. The maximum atomic E-state index is 4.74. The van der Waals surface area contributed by atoms with E-state index in [1.54, 1.807) is 12.4 Å². The van der Waals surface area contributed by atoms with Crippen LogP contribution in [0.4, 0.5) is 5.82 Å². The first-order valence-electron chi connectivity index (χ1n) is 9.74. The Kier molecular flexibility index (Phi) is 6.50. The molecule has 0 radical (unpaired) electrons. The van der Waals surface area contributed by atoms with Gasteiger partial charge in [0, 0.05) is 61.9 Å². The first kappa shape index (κ1) is 18.7. The zero-order chi connectivity index (χ0) is 18.4. The highest BCUT2D eigenvalue weighted by molar-refractivity contribution is 5.46. The van der Waals surface area contributed by atoms with E-state index >= 15 is 0 Å². The van der Waals surface area contributed by atoms with Crippen molar-refractivity contribution < 1.29 is 0 Å². The molecule has 0 aliphatic carbocycles.